The summed E-state index contributed by atoms with van der Waals surface area (Å²) in [6.45, 7) is 5.73. The molecule has 14 heavy (non-hydrogen) atoms. The van der Waals surface area contributed by atoms with Gasteiger partial charge in [0, 0.05) is 12.4 Å². The van der Waals surface area contributed by atoms with E-state index in [9.17, 15) is 4.79 Å². The van der Waals surface area contributed by atoms with Crippen molar-refractivity contribution in [3.05, 3.63) is 29.6 Å². The summed E-state index contributed by atoms with van der Waals surface area (Å²) >= 11 is 0. The van der Waals surface area contributed by atoms with Gasteiger partial charge in [0.15, 0.2) is 0 Å². The van der Waals surface area contributed by atoms with Gasteiger partial charge in [-0.15, -0.1) is 0 Å². The van der Waals surface area contributed by atoms with Gasteiger partial charge in [-0.1, -0.05) is 13.8 Å². The number of carboxylic acids is 1. The number of hydrogen-bond donors (Lipinski definition) is 1. The van der Waals surface area contributed by atoms with Crippen molar-refractivity contribution in [2.75, 3.05) is 0 Å². The quantitative estimate of drug-likeness (QED) is 0.800. The third kappa shape index (κ3) is 2.10. The van der Waals surface area contributed by atoms with Crippen molar-refractivity contribution in [1.82, 2.24) is 4.98 Å². The van der Waals surface area contributed by atoms with Crippen molar-refractivity contribution < 1.29 is 9.90 Å². The maximum absolute atomic E-state index is 11.1. The van der Waals surface area contributed by atoms with Crippen molar-refractivity contribution in [2.45, 2.75) is 26.7 Å². The Hall–Kier alpha value is -1.38. The van der Waals surface area contributed by atoms with E-state index >= 15 is 0 Å². The fourth-order valence-electron chi connectivity index (χ4n) is 1.58. The zero-order valence-corrected chi connectivity index (χ0v) is 8.69. The monoisotopic (exact) mass is 193 g/mol. The molecule has 0 amide bonds. The molecule has 1 unspecified atom stereocenters. The lowest BCUT2D eigenvalue weighted by atomic mass is 9.87. The number of aliphatic carboxylic acids is 1. The van der Waals surface area contributed by atoms with Gasteiger partial charge >= 0.3 is 5.97 Å². The normalized spacial score (nSPS) is 12.9. The fraction of sp³-hybridized carbons (Fsp3) is 0.455. The highest BCUT2D eigenvalue weighted by atomic mass is 16.4. The zero-order valence-electron chi connectivity index (χ0n) is 8.69. The van der Waals surface area contributed by atoms with Crippen LogP contribution in [0.2, 0.25) is 0 Å². The van der Waals surface area contributed by atoms with Crippen molar-refractivity contribution in [1.29, 1.82) is 0 Å². The molecule has 0 aliphatic carbocycles. The molecule has 0 aliphatic heterocycles. The van der Waals surface area contributed by atoms with Crippen LogP contribution in [0.1, 0.15) is 30.9 Å². The summed E-state index contributed by atoms with van der Waals surface area (Å²) < 4.78 is 0. The molecule has 1 aromatic rings. The van der Waals surface area contributed by atoms with Gasteiger partial charge in [-0.2, -0.15) is 0 Å². The lowest BCUT2D eigenvalue weighted by molar-refractivity contribution is -0.139. The number of carbonyl (C=O) groups is 1. The SMILES string of the molecule is Cc1ccncc1C(C(=O)O)C(C)C. The van der Waals surface area contributed by atoms with Gasteiger partial charge in [0.2, 0.25) is 0 Å². The van der Waals surface area contributed by atoms with Crippen LogP contribution in [0.5, 0.6) is 0 Å². The predicted octanol–water partition coefficient (Wildman–Crippen LogP) is 2.21. The first-order valence-electron chi connectivity index (χ1n) is 4.67. The minimum absolute atomic E-state index is 0.0791. The largest absolute Gasteiger partial charge is 0.481 e. The Kier molecular flexibility index (Phi) is 3.23. The number of carboxylic acid groups (broad SMARTS) is 1. The Morgan fingerprint density at radius 2 is 2.14 bits per heavy atom. The smallest absolute Gasteiger partial charge is 0.311 e. The molecule has 0 saturated heterocycles. The van der Waals surface area contributed by atoms with E-state index in [1.54, 1.807) is 12.4 Å². The van der Waals surface area contributed by atoms with Crippen LogP contribution in [0.4, 0.5) is 0 Å². The lowest BCUT2D eigenvalue weighted by Crippen LogP contribution is -2.18. The molecule has 1 aromatic heterocycles. The molecule has 1 atom stereocenters. The summed E-state index contributed by atoms with van der Waals surface area (Å²) in [5.41, 5.74) is 1.80. The van der Waals surface area contributed by atoms with E-state index in [-0.39, 0.29) is 5.92 Å². The second-order valence-corrected chi connectivity index (χ2v) is 3.79. The summed E-state index contributed by atoms with van der Waals surface area (Å²) in [5, 5.41) is 9.09. The highest BCUT2D eigenvalue weighted by molar-refractivity contribution is 5.76. The van der Waals surface area contributed by atoms with Crippen molar-refractivity contribution in [3.8, 4) is 0 Å². The Morgan fingerprint density at radius 1 is 1.50 bits per heavy atom. The molecule has 3 nitrogen and oxygen atoms in total. The molecule has 76 valence electrons. The summed E-state index contributed by atoms with van der Waals surface area (Å²) in [6.07, 6.45) is 3.33. The summed E-state index contributed by atoms with van der Waals surface area (Å²) in [7, 11) is 0. The minimum atomic E-state index is -0.781. The van der Waals surface area contributed by atoms with Crippen molar-refractivity contribution >= 4 is 5.97 Å². The molecule has 1 heterocycles. The van der Waals surface area contributed by atoms with Gasteiger partial charge < -0.3 is 5.11 Å². The molecule has 0 fully saturated rings. The van der Waals surface area contributed by atoms with E-state index in [0.29, 0.717) is 0 Å². The summed E-state index contributed by atoms with van der Waals surface area (Å²) in [5.74, 6) is -1.16. The molecular formula is C11H15NO2. The van der Waals surface area contributed by atoms with E-state index in [4.69, 9.17) is 5.11 Å². The van der Waals surface area contributed by atoms with E-state index in [2.05, 4.69) is 4.98 Å². The maximum atomic E-state index is 11.1. The topological polar surface area (TPSA) is 50.2 Å². The van der Waals surface area contributed by atoms with Gasteiger partial charge in [-0.3, -0.25) is 9.78 Å². The molecule has 0 saturated carbocycles. The molecule has 0 bridgehead atoms. The predicted molar refractivity (Wildman–Crippen MR) is 54.2 cm³/mol. The third-order valence-electron chi connectivity index (χ3n) is 2.35. The van der Waals surface area contributed by atoms with Crippen LogP contribution in [0.3, 0.4) is 0 Å². The first-order chi connectivity index (χ1) is 6.54. The molecule has 1 rings (SSSR count). The number of hydrogen-bond acceptors (Lipinski definition) is 2. The highest BCUT2D eigenvalue weighted by Gasteiger charge is 2.24. The molecule has 0 aliphatic rings. The first kappa shape index (κ1) is 10.7. The Labute approximate surface area is 83.8 Å². The number of aromatic nitrogens is 1. The Morgan fingerprint density at radius 3 is 2.57 bits per heavy atom. The molecule has 0 spiro atoms. The van der Waals surface area contributed by atoms with Gasteiger partial charge in [-0.25, -0.2) is 0 Å². The van der Waals surface area contributed by atoms with E-state index in [1.165, 1.54) is 0 Å². The number of rotatable bonds is 3. The van der Waals surface area contributed by atoms with Crippen LogP contribution in [0.25, 0.3) is 0 Å². The number of pyridine rings is 1. The van der Waals surface area contributed by atoms with Crippen LogP contribution < -0.4 is 0 Å². The maximum Gasteiger partial charge on any atom is 0.311 e. The number of aryl methyl sites for hydroxylation is 1. The lowest BCUT2D eigenvalue weighted by Gasteiger charge is -2.17. The highest BCUT2D eigenvalue weighted by Crippen LogP contribution is 2.26. The fourth-order valence-corrected chi connectivity index (χ4v) is 1.58. The molecule has 1 N–H and O–H groups in total. The second-order valence-electron chi connectivity index (χ2n) is 3.79. The van der Waals surface area contributed by atoms with Crippen LogP contribution in [0.15, 0.2) is 18.5 Å². The third-order valence-corrected chi connectivity index (χ3v) is 2.35. The van der Waals surface area contributed by atoms with Crippen molar-refractivity contribution in [3.63, 3.8) is 0 Å². The van der Waals surface area contributed by atoms with Crippen LogP contribution in [0, 0.1) is 12.8 Å². The second kappa shape index (κ2) is 4.22. The standard InChI is InChI=1S/C11H15NO2/c1-7(2)10(11(13)14)9-6-12-5-4-8(9)3/h4-7,10H,1-3H3,(H,13,14). The average Bonchev–Trinajstić information content (AvgIpc) is 2.07. The molecule has 0 radical (unpaired) electrons. The first-order valence-corrected chi connectivity index (χ1v) is 4.67. The van der Waals surface area contributed by atoms with E-state index in [1.807, 2.05) is 26.8 Å². The summed E-state index contributed by atoms with van der Waals surface area (Å²) in [4.78, 5) is 15.0. The van der Waals surface area contributed by atoms with Gasteiger partial charge in [0.1, 0.15) is 0 Å². The zero-order chi connectivity index (χ0) is 10.7. The van der Waals surface area contributed by atoms with Crippen LogP contribution in [-0.2, 0) is 4.79 Å². The van der Waals surface area contributed by atoms with Gasteiger partial charge in [0.05, 0.1) is 5.92 Å². The van der Waals surface area contributed by atoms with E-state index < -0.39 is 11.9 Å². The Bertz CT molecular complexity index is 334. The van der Waals surface area contributed by atoms with E-state index in [0.717, 1.165) is 11.1 Å². The average molecular weight is 193 g/mol. The molecular weight excluding hydrogens is 178 g/mol. The van der Waals surface area contributed by atoms with Crippen molar-refractivity contribution in [2.24, 2.45) is 5.92 Å². The summed E-state index contributed by atoms with van der Waals surface area (Å²) in [6, 6.07) is 1.84. The molecule has 3 heteroatoms. The van der Waals surface area contributed by atoms with Gasteiger partial charge in [0.25, 0.3) is 0 Å². The number of nitrogens with zero attached hydrogens (tertiary/aromatic N) is 1. The molecule has 0 aromatic carbocycles. The van der Waals surface area contributed by atoms with Crippen LogP contribution in [-0.4, -0.2) is 16.1 Å². The Balaban J connectivity index is 3.12. The minimum Gasteiger partial charge on any atom is -0.481 e. The van der Waals surface area contributed by atoms with Gasteiger partial charge in [-0.05, 0) is 30.0 Å². The van der Waals surface area contributed by atoms with Crippen LogP contribution >= 0.6 is 0 Å².